The zero-order chi connectivity index (χ0) is 14.8. The molecule has 1 atom stereocenters. The predicted octanol–water partition coefficient (Wildman–Crippen LogP) is 2.36. The highest BCUT2D eigenvalue weighted by Gasteiger charge is 2.26. The number of piperazine rings is 1. The Morgan fingerprint density at radius 1 is 1.43 bits per heavy atom. The zero-order valence-electron chi connectivity index (χ0n) is 11.9. The Labute approximate surface area is 128 Å². The summed E-state index contributed by atoms with van der Waals surface area (Å²) in [5.74, 6) is 0.728. The van der Waals surface area contributed by atoms with E-state index in [1.807, 2.05) is 23.9 Å². The molecule has 1 saturated heterocycles. The van der Waals surface area contributed by atoms with Crippen LogP contribution in [0, 0.1) is 5.82 Å². The van der Waals surface area contributed by atoms with E-state index < -0.39 is 0 Å². The van der Waals surface area contributed by atoms with Crippen LogP contribution >= 0.6 is 11.6 Å². The number of rotatable bonds is 3. The van der Waals surface area contributed by atoms with Gasteiger partial charge < -0.3 is 9.88 Å². The zero-order valence-corrected chi connectivity index (χ0v) is 12.6. The molecule has 0 radical (unpaired) electrons. The van der Waals surface area contributed by atoms with E-state index in [1.165, 1.54) is 6.07 Å². The number of hydrogen-bond acceptors (Lipinski definition) is 3. The van der Waals surface area contributed by atoms with Crippen molar-refractivity contribution in [2.24, 2.45) is 7.05 Å². The van der Waals surface area contributed by atoms with Crippen molar-refractivity contribution >= 4 is 11.6 Å². The minimum Gasteiger partial charge on any atom is -0.337 e. The normalized spacial score (nSPS) is 19.9. The van der Waals surface area contributed by atoms with E-state index in [9.17, 15) is 4.39 Å². The first-order valence-corrected chi connectivity index (χ1v) is 7.38. The lowest BCUT2D eigenvalue weighted by atomic mass is 10.1. The average Bonchev–Trinajstić information content (AvgIpc) is 2.84. The first-order chi connectivity index (χ1) is 10.1. The summed E-state index contributed by atoms with van der Waals surface area (Å²) in [5, 5.41) is 3.83. The second-order valence-corrected chi connectivity index (χ2v) is 5.80. The van der Waals surface area contributed by atoms with Crippen LogP contribution in [-0.4, -0.2) is 34.1 Å². The van der Waals surface area contributed by atoms with Gasteiger partial charge in [-0.15, -0.1) is 0 Å². The summed E-state index contributed by atoms with van der Waals surface area (Å²) in [6, 6.07) is 4.88. The van der Waals surface area contributed by atoms with Gasteiger partial charge in [-0.25, -0.2) is 9.37 Å². The van der Waals surface area contributed by atoms with E-state index in [0.717, 1.165) is 31.0 Å². The maximum Gasteiger partial charge on any atom is 0.127 e. The molecule has 21 heavy (non-hydrogen) atoms. The van der Waals surface area contributed by atoms with Crippen LogP contribution in [0.5, 0.6) is 0 Å². The van der Waals surface area contributed by atoms with E-state index in [0.29, 0.717) is 11.6 Å². The Morgan fingerprint density at radius 3 is 3.00 bits per heavy atom. The summed E-state index contributed by atoms with van der Waals surface area (Å²) < 4.78 is 15.5. The molecule has 3 rings (SSSR count). The maximum absolute atomic E-state index is 13.5. The van der Waals surface area contributed by atoms with Crippen LogP contribution < -0.4 is 5.32 Å². The summed E-state index contributed by atoms with van der Waals surface area (Å²) in [4.78, 5) is 6.76. The van der Waals surface area contributed by atoms with E-state index in [4.69, 9.17) is 11.6 Å². The van der Waals surface area contributed by atoms with Crippen molar-refractivity contribution < 1.29 is 4.39 Å². The number of nitrogens with zero attached hydrogens (tertiary/aromatic N) is 3. The second kappa shape index (κ2) is 6.13. The summed E-state index contributed by atoms with van der Waals surface area (Å²) in [6.45, 7) is 3.32. The van der Waals surface area contributed by atoms with Gasteiger partial charge in [0.2, 0.25) is 0 Å². The molecule has 1 aliphatic rings. The Hall–Kier alpha value is -1.43. The third-order valence-electron chi connectivity index (χ3n) is 3.82. The fourth-order valence-corrected chi connectivity index (χ4v) is 3.07. The van der Waals surface area contributed by atoms with Gasteiger partial charge in [-0.3, -0.25) is 4.90 Å². The highest BCUT2D eigenvalue weighted by Crippen LogP contribution is 2.24. The molecule has 112 valence electrons. The standard InChI is InChI=1S/C15H18ClFN4/c1-20-4-3-19-15(20)14-9-18-2-5-21(14)10-11-6-12(16)8-13(17)7-11/h3-4,6-8,14,18H,2,5,9-10H2,1H3. The Balaban J connectivity index is 1.83. The van der Waals surface area contributed by atoms with E-state index in [1.54, 1.807) is 12.3 Å². The fraction of sp³-hybridized carbons (Fsp3) is 0.400. The molecule has 4 nitrogen and oxygen atoms in total. The molecule has 1 fully saturated rings. The molecule has 0 aliphatic carbocycles. The molecule has 6 heteroatoms. The molecule has 1 unspecified atom stereocenters. The highest BCUT2D eigenvalue weighted by molar-refractivity contribution is 6.30. The van der Waals surface area contributed by atoms with Crippen molar-refractivity contribution in [2.45, 2.75) is 12.6 Å². The molecule has 0 saturated carbocycles. The molecule has 0 amide bonds. The molecule has 1 N–H and O–H groups in total. The third-order valence-corrected chi connectivity index (χ3v) is 4.04. The summed E-state index contributed by atoms with van der Waals surface area (Å²) in [5.41, 5.74) is 0.890. The predicted molar refractivity (Wildman–Crippen MR) is 80.6 cm³/mol. The van der Waals surface area contributed by atoms with Gasteiger partial charge in [-0.1, -0.05) is 11.6 Å². The first kappa shape index (κ1) is 14.5. The van der Waals surface area contributed by atoms with Crippen molar-refractivity contribution in [3.05, 3.63) is 52.8 Å². The third kappa shape index (κ3) is 3.26. The molecular weight excluding hydrogens is 291 g/mol. The Morgan fingerprint density at radius 2 is 2.29 bits per heavy atom. The van der Waals surface area contributed by atoms with Crippen molar-refractivity contribution in [1.29, 1.82) is 0 Å². The Kier molecular flexibility index (Phi) is 4.24. The number of halogens is 2. The molecule has 0 spiro atoms. The van der Waals surface area contributed by atoms with Gasteiger partial charge in [-0.2, -0.15) is 0 Å². The second-order valence-electron chi connectivity index (χ2n) is 5.36. The minimum atomic E-state index is -0.291. The van der Waals surface area contributed by atoms with Gasteiger partial charge in [0.05, 0.1) is 6.04 Å². The van der Waals surface area contributed by atoms with Gasteiger partial charge in [0.15, 0.2) is 0 Å². The molecule has 2 heterocycles. The number of hydrogen-bond donors (Lipinski definition) is 1. The van der Waals surface area contributed by atoms with Crippen LogP contribution in [0.15, 0.2) is 30.6 Å². The number of aryl methyl sites for hydroxylation is 1. The van der Waals surface area contributed by atoms with E-state index >= 15 is 0 Å². The number of benzene rings is 1. The monoisotopic (exact) mass is 308 g/mol. The molecule has 1 aromatic carbocycles. The Bertz CT molecular complexity index is 608. The van der Waals surface area contributed by atoms with E-state index in [-0.39, 0.29) is 11.9 Å². The SMILES string of the molecule is Cn1ccnc1C1CNCCN1Cc1cc(F)cc(Cl)c1. The smallest absolute Gasteiger partial charge is 0.127 e. The molecule has 2 aromatic rings. The van der Waals surface area contributed by atoms with Gasteiger partial charge >= 0.3 is 0 Å². The van der Waals surface area contributed by atoms with Gasteiger partial charge in [-0.05, 0) is 23.8 Å². The summed E-state index contributed by atoms with van der Waals surface area (Å²) in [6.07, 6.45) is 3.75. The first-order valence-electron chi connectivity index (χ1n) is 7.00. The minimum absolute atomic E-state index is 0.181. The van der Waals surface area contributed by atoms with Crippen LogP contribution in [0.2, 0.25) is 5.02 Å². The van der Waals surface area contributed by atoms with Crippen LogP contribution in [0.4, 0.5) is 4.39 Å². The van der Waals surface area contributed by atoms with Crippen LogP contribution in [0.25, 0.3) is 0 Å². The lowest BCUT2D eigenvalue weighted by Crippen LogP contribution is -2.46. The summed E-state index contributed by atoms with van der Waals surface area (Å²) in [7, 11) is 1.99. The molecule has 1 aromatic heterocycles. The van der Waals surface area contributed by atoms with E-state index in [2.05, 4.69) is 15.2 Å². The lowest BCUT2D eigenvalue weighted by molar-refractivity contribution is 0.144. The molecule has 1 aliphatic heterocycles. The van der Waals surface area contributed by atoms with Gasteiger partial charge in [0.25, 0.3) is 0 Å². The van der Waals surface area contributed by atoms with Crippen LogP contribution in [0.1, 0.15) is 17.4 Å². The van der Waals surface area contributed by atoms with Crippen molar-refractivity contribution in [1.82, 2.24) is 19.8 Å². The largest absolute Gasteiger partial charge is 0.337 e. The lowest BCUT2D eigenvalue weighted by Gasteiger charge is -2.35. The molecular formula is C15H18ClFN4. The van der Waals surface area contributed by atoms with Gasteiger partial charge in [0.1, 0.15) is 11.6 Å². The maximum atomic E-state index is 13.5. The van der Waals surface area contributed by atoms with Crippen LogP contribution in [-0.2, 0) is 13.6 Å². The number of aromatic nitrogens is 2. The van der Waals surface area contributed by atoms with Gasteiger partial charge in [0, 0.05) is 50.6 Å². The van der Waals surface area contributed by atoms with Crippen molar-refractivity contribution in [3.8, 4) is 0 Å². The number of nitrogens with one attached hydrogen (secondary N) is 1. The number of imidazole rings is 1. The van der Waals surface area contributed by atoms with Crippen LogP contribution in [0.3, 0.4) is 0 Å². The topological polar surface area (TPSA) is 33.1 Å². The molecule has 0 bridgehead atoms. The highest BCUT2D eigenvalue weighted by atomic mass is 35.5. The van der Waals surface area contributed by atoms with Crippen molar-refractivity contribution in [2.75, 3.05) is 19.6 Å². The fourth-order valence-electron chi connectivity index (χ4n) is 2.83. The summed E-state index contributed by atoms with van der Waals surface area (Å²) >= 11 is 5.94. The van der Waals surface area contributed by atoms with Crippen molar-refractivity contribution in [3.63, 3.8) is 0 Å². The quantitative estimate of drug-likeness (QED) is 0.945. The average molecular weight is 309 g/mol.